The van der Waals surface area contributed by atoms with E-state index in [1.54, 1.807) is 14.1 Å². The molecule has 1 atom stereocenters. The van der Waals surface area contributed by atoms with Gasteiger partial charge in [0, 0.05) is 14.1 Å². The number of urea groups is 1. The lowest BCUT2D eigenvalue weighted by atomic mass is 10.8. The van der Waals surface area contributed by atoms with Gasteiger partial charge in [0.15, 0.2) is 11.0 Å². The summed E-state index contributed by atoms with van der Waals surface area (Å²) >= 11 is 1.10. The summed E-state index contributed by atoms with van der Waals surface area (Å²) in [5.74, 6) is 0. The molecule has 84 valence electrons. The minimum absolute atomic E-state index is 0.298. The smallest absolute Gasteiger partial charge is 0.323 e. The van der Waals surface area contributed by atoms with E-state index in [1.165, 1.54) is 11.9 Å². The van der Waals surface area contributed by atoms with Gasteiger partial charge in [-0.15, -0.1) is 10.2 Å². The first-order valence-electron chi connectivity index (χ1n) is 3.98. The van der Waals surface area contributed by atoms with Gasteiger partial charge in [0.05, 0.1) is 0 Å². The van der Waals surface area contributed by atoms with E-state index < -0.39 is 11.0 Å². The van der Waals surface area contributed by atoms with Gasteiger partial charge in [-0.1, -0.05) is 11.3 Å². The van der Waals surface area contributed by atoms with Crippen LogP contribution in [-0.4, -0.2) is 41.6 Å². The standard InChI is InChI=1S/C6H11N5O2S2/c1-7-4(12)11(3)5-9-10-6(14-5)15(13)8-2/h8H,1-3H3,(H,7,12). The Hall–Kier alpha value is -1.06. The Morgan fingerprint density at radius 2 is 2.13 bits per heavy atom. The second-order valence-electron chi connectivity index (χ2n) is 2.44. The van der Waals surface area contributed by atoms with Crippen LogP contribution in [-0.2, 0) is 11.0 Å². The van der Waals surface area contributed by atoms with Gasteiger partial charge in [0.1, 0.15) is 0 Å². The number of rotatable bonds is 3. The van der Waals surface area contributed by atoms with Crippen LogP contribution in [0.2, 0.25) is 0 Å². The van der Waals surface area contributed by atoms with Crippen molar-refractivity contribution in [3.63, 3.8) is 0 Å². The molecule has 15 heavy (non-hydrogen) atoms. The number of anilines is 1. The highest BCUT2D eigenvalue weighted by Crippen LogP contribution is 2.20. The van der Waals surface area contributed by atoms with Crippen LogP contribution >= 0.6 is 11.3 Å². The maximum absolute atomic E-state index is 11.3. The van der Waals surface area contributed by atoms with Gasteiger partial charge in [0.25, 0.3) is 0 Å². The third-order valence-corrected chi connectivity index (χ3v) is 3.81. The van der Waals surface area contributed by atoms with E-state index in [0.29, 0.717) is 9.47 Å². The van der Waals surface area contributed by atoms with Crippen molar-refractivity contribution in [2.75, 3.05) is 26.0 Å². The van der Waals surface area contributed by atoms with E-state index in [2.05, 4.69) is 20.2 Å². The van der Waals surface area contributed by atoms with Crippen molar-refractivity contribution in [3.8, 4) is 0 Å². The molecular formula is C6H11N5O2S2. The number of hydrogen-bond acceptors (Lipinski definition) is 5. The van der Waals surface area contributed by atoms with Crippen LogP contribution < -0.4 is 14.9 Å². The van der Waals surface area contributed by atoms with Gasteiger partial charge >= 0.3 is 6.03 Å². The van der Waals surface area contributed by atoms with E-state index in [9.17, 15) is 9.00 Å². The molecule has 2 N–H and O–H groups in total. The van der Waals surface area contributed by atoms with Crippen LogP contribution in [0.5, 0.6) is 0 Å². The fourth-order valence-electron chi connectivity index (χ4n) is 0.755. The topological polar surface area (TPSA) is 87.2 Å². The molecule has 9 heteroatoms. The van der Waals surface area contributed by atoms with Crippen molar-refractivity contribution in [3.05, 3.63) is 0 Å². The summed E-state index contributed by atoms with van der Waals surface area (Å²) in [4.78, 5) is 12.5. The van der Waals surface area contributed by atoms with E-state index >= 15 is 0 Å². The molecule has 0 saturated heterocycles. The Balaban J connectivity index is 2.84. The van der Waals surface area contributed by atoms with Gasteiger partial charge < -0.3 is 5.32 Å². The fourth-order valence-corrected chi connectivity index (χ4v) is 2.36. The number of carbonyl (C=O) groups is 1. The van der Waals surface area contributed by atoms with E-state index in [-0.39, 0.29) is 6.03 Å². The zero-order valence-electron chi connectivity index (χ0n) is 8.47. The van der Waals surface area contributed by atoms with Crippen LogP contribution in [0.3, 0.4) is 0 Å². The predicted octanol–water partition coefficient (Wildman–Crippen LogP) is -0.444. The molecule has 0 radical (unpaired) electrons. The van der Waals surface area contributed by atoms with Gasteiger partial charge in [-0.2, -0.15) is 0 Å². The highest BCUT2D eigenvalue weighted by Gasteiger charge is 2.16. The Labute approximate surface area is 93.5 Å². The molecule has 0 fully saturated rings. The number of nitrogens with zero attached hydrogens (tertiary/aromatic N) is 3. The first-order valence-corrected chi connectivity index (χ1v) is 5.95. The largest absolute Gasteiger partial charge is 0.341 e. The molecule has 0 saturated carbocycles. The average molecular weight is 249 g/mol. The van der Waals surface area contributed by atoms with Crippen molar-refractivity contribution in [1.82, 2.24) is 20.2 Å². The zero-order chi connectivity index (χ0) is 11.4. The minimum Gasteiger partial charge on any atom is -0.341 e. The lowest BCUT2D eigenvalue weighted by Crippen LogP contribution is -2.34. The maximum Gasteiger partial charge on any atom is 0.323 e. The summed E-state index contributed by atoms with van der Waals surface area (Å²) in [7, 11) is 3.27. The third kappa shape index (κ3) is 2.70. The Kier molecular flexibility index (Phi) is 4.12. The summed E-state index contributed by atoms with van der Waals surface area (Å²) in [5.41, 5.74) is 0. The monoisotopic (exact) mass is 249 g/mol. The normalized spacial score (nSPS) is 12.2. The summed E-state index contributed by atoms with van der Waals surface area (Å²) in [5, 5.41) is 10.3. The number of aromatic nitrogens is 2. The molecule has 2 amide bonds. The molecule has 0 spiro atoms. The first-order chi connectivity index (χ1) is 7.10. The van der Waals surface area contributed by atoms with Gasteiger partial charge in [-0.25, -0.2) is 13.7 Å². The molecule has 1 aromatic heterocycles. The Morgan fingerprint density at radius 1 is 1.47 bits per heavy atom. The molecule has 0 aliphatic rings. The lowest BCUT2D eigenvalue weighted by molar-refractivity contribution is 0.249. The fraction of sp³-hybridized carbons (Fsp3) is 0.500. The molecule has 0 aliphatic carbocycles. The summed E-state index contributed by atoms with van der Waals surface area (Å²) in [6, 6.07) is -0.298. The van der Waals surface area contributed by atoms with Gasteiger partial charge in [-0.3, -0.25) is 4.90 Å². The van der Waals surface area contributed by atoms with Crippen molar-refractivity contribution in [2.24, 2.45) is 0 Å². The van der Waals surface area contributed by atoms with Crippen LogP contribution in [0.15, 0.2) is 4.34 Å². The van der Waals surface area contributed by atoms with Crippen LogP contribution in [0.1, 0.15) is 0 Å². The summed E-state index contributed by atoms with van der Waals surface area (Å²) in [6.45, 7) is 0. The van der Waals surface area contributed by atoms with E-state index in [0.717, 1.165) is 11.3 Å². The maximum atomic E-state index is 11.3. The lowest BCUT2D eigenvalue weighted by Gasteiger charge is -2.10. The van der Waals surface area contributed by atoms with Crippen LogP contribution in [0.4, 0.5) is 9.93 Å². The second kappa shape index (κ2) is 5.14. The van der Waals surface area contributed by atoms with E-state index in [4.69, 9.17) is 0 Å². The highest BCUT2D eigenvalue weighted by molar-refractivity contribution is 7.85. The van der Waals surface area contributed by atoms with Gasteiger partial charge in [0.2, 0.25) is 9.47 Å². The minimum atomic E-state index is -1.36. The molecule has 0 bridgehead atoms. The molecular weight excluding hydrogens is 238 g/mol. The number of hydrogen-bond donors (Lipinski definition) is 2. The van der Waals surface area contributed by atoms with Crippen molar-refractivity contribution in [1.29, 1.82) is 0 Å². The quantitative estimate of drug-likeness (QED) is 0.711. The summed E-state index contributed by atoms with van der Waals surface area (Å²) < 4.78 is 14.2. The zero-order valence-corrected chi connectivity index (χ0v) is 10.1. The molecule has 1 heterocycles. The molecule has 1 aromatic rings. The number of nitrogens with one attached hydrogen (secondary N) is 2. The Morgan fingerprint density at radius 3 is 2.67 bits per heavy atom. The number of carbonyl (C=O) groups excluding carboxylic acids is 1. The van der Waals surface area contributed by atoms with Gasteiger partial charge in [-0.05, 0) is 7.05 Å². The highest BCUT2D eigenvalue weighted by atomic mass is 32.2. The van der Waals surface area contributed by atoms with Crippen molar-refractivity contribution >= 4 is 33.5 Å². The van der Waals surface area contributed by atoms with Crippen molar-refractivity contribution < 1.29 is 9.00 Å². The molecule has 7 nitrogen and oxygen atoms in total. The number of amides is 2. The van der Waals surface area contributed by atoms with Crippen molar-refractivity contribution in [2.45, 2.75) is 4.34 Å². The first kappa shape index (κ1) is 12.0. The molecule has 0 aromatic carbocycles. The van der Waals surface area contributed by atoms with Crippen LogP contribution in [0, 0.1) is 0 Å². The molecule has 1 unspecified atom stereocenters. The SMILES string of the molecule is CNC(=O)N(C)c1nnc(S(=O)NC)s1. The summed E-state index contributed by atoms with van der Waals surface area (Å²) in [6.07, 6.45) is 0. The van der Waals surface area contributed by atoms with Crippen LogP contribution in [0.25, 0.3) is 0 Å². The molecule has 1 rings (SSSR count). The second-order valence-corrected chi connectivity index (χ2v) is 4.98. The Bertz CT molecular complexity index is 379. The molecule has 0 aliphatic heterocycles. The van der Waals surface area contributed by atoms with E-state index in [1.807, 2.05) is 0 Å². The average Bonchev–Trinajstić information content (AvgIpc) is 2.75. The third-order valence-electron chi connectivity index (χ3n) is 1.55. The predicted molar refractivity (Wildman–Crippen MR) is 58.2 cm³/mol.